The molecule has 0 radical (unpaired) electrons. The fourth-order valence-electron chi connectivity index (χ4n) is 1.51. The highest BCUT2D eigenvalue weighted by atomic mass is 16.7. The lowest BCUT2D eigenvalue weighted by Gasteiger charge is -2.15. The zero-order chi connectivity index (χ0) is 12.7. The zero-order valence-electron chi connectivity index (χ0n) is 10.6. The molecule has 0 spiro atoms. The van der Waals surface area contributed by atoms with Gasteiger partial charge in [-0.2, -0.15) is 5.26 Å². The first kappa shape index (κ1) is 13.5. The summed E-state index contributed by atoms with van der Waals surface area (Å²) in [6.45, 7) is 4.37. The maximum atomic E-state index is 8.58. The van der Waals surface area contributed by atoms with Crippen molar-refractivity contribution in [2.75, 3.05) is 7.11 Å². The Labute approximate surface area is 103 Å². The topological polar surface area (TPSA) is 42.2 Å². The Morgan fingerprint density at radius 1 is 1.29 bits per heavy atom. The second kappa shape index (κ2) is 6.93. The van der Waals surface area contributed by atoms with Crippen LogP contribution in [-0.4, -0.2) is 13.4 Å². The molecule has 2 unspecified atom stereocenters. The summed E-state index contributed by atoms with van der Waals surface area (Å²) in [5.74, 6) is 1.29. The number of nitrogens with zero attached hydrogens (tertiary/aromatic N) is 1. The molecule has 0 N–H and O–H groups in total. The highest BCUT2D eigenvalue weighted by Gasteiger charge is 2.09. The van der Waals surface area contributed by atoms with Crippen molar-refractivity contribution in [2.45, 2.75) is 38.9 Å². The van der Waals surface area contributed by atoms with Gasteiger partial charge in [0, 0.05) is 7.11 Å². The minimum absolute atomic E-state index is 0.226. The molecule has 0 aliphatic rings. The van der Waals surface area contributed by atoms with Crippen LogP contribution in [0.25, 0.3) is 0 Å². The first-order valence-corrected chi connectivity index (χ1v) is 5.87. The average molecular weight is 233 g/mol. The number of hydrogen-bond donors (Lipinski definition) is 0. The van der Waals surface area contributed by atoms with Crippen LogP contribution in [0.2, 0.25) is 0 Å². The predicted molar refractivity (Wildman–Crippen MR) is 66.8 cm³/mol. The largest absolute Gasteiger partial charge is 0.464 e. The van der Waals surface area contributed by atoms with Gasteiger partial charge in [-0.15, -0.1) is 0 Å². The van der Waals surface area contributed by atoms with Gasteiger partial charge < -0.3 is 9.47 Å². The lowest BCUT2D eigenvalue weighted by molar-refractivity contribution is -0.0489. The normalized spacial score (nSPS) is 13.8. The van der Waals surface area contributed by atoms with Crippen molar-refractivity contribution in [3.63, 3.8) is 0 Å². The Hall–Kier alpha value is -1.53. The molecule has 92 valence electrons. The van der Waals surface area contributed by atoms with E-state index in [1.165, 1.54) is 12.7 Å². The minimum Gasteiger partial charge on any atom is -0.464 e. The average Bonchev–Trinajstić information content (AvgIpc) is 2.38. The van der Waals surface area contributed by atoms with Crippen molar-refractivity contribution < 1.29 is 9.47 Å². The number of ether oxygens (including phenoxy) is 2. The molecule has 2 atom stereocenters. The molecule has 0 aromatic heterocycles. The number of nitriles is 1. The summed E-state index contributed by atoms with van der Waals surface area (Å²) in [6.07, 6.45) is 0.855. The van der Waals surface area contributed by atoms with Crippen LogP contribution in [0.4, 0.5) is 0 Å². The summed E-state index contributed by atoms with van der Waals surface area (Å²) in [5, 5.41) is 8.58. The van der Waals surface area contributed by atoms with Gasteiger partial charge in [-0.1, -0.05) is 26.0 Å². The molecule has 0 aliphatic carbocycles. The van der Waals surface area contributed by atoms with Crippen LogP contribution in [-0.2, 0) is 4.74 Å². The third-order valence-corrected chi connectivity index (χ3v) is 2.85. The molecule has 0 amide bonds. The van der Waals surface area contributed by atoms with Crippen LogP contribution in [0, 0.1) is 11.3 Å². The zero-order valence-corrected chi connectivity index (χ0v) is 10.6. The van der Waals surface area contributed by atoms with Gasteiger partial charge >= 0.3 is 0 Å². The summed E-state index contributed by atoms with van der Waals surface area (Å²) in [6, 6.07) is 9.99. The van der Waals surface area contributed by atoms with Gasteiger partial charge in [-0.3, -0.25) is 0 Å². The Balaban J connectivity index is 2.65. The molecule has 0 heterocycles. The van der Waals surface area contributed by atoms with E-state index in [1.54, 1.807) is 0 Å². The fraction of sp³-hybridized carbons (Fsp3) is 0.500. The van der Waals surface area contributed by atoms with Crippen LogP contribution in [0.5, 0.6) is 5.75 Å². The van der Waals surface area contributed by atoms with Crippen molar-refractivity contribution in [3.8, 4) is 11.8 Å². The van der Waals surface area contributed by atoms with E-state index >= 15 is 0 Å². The van der Waals surface area contributed by atoms with Crippen molar-refractivity contribution in [2.24, 2.45) is 0 Å². The molecule has 0 fully saturated rings. The molecular weight excluding hydrogens is 214 g/mol. The van der Waals surface area contributed by atoms with E-state index < -0.39 is 6.29 Å². The van der Waals surface area contributed by atoms with Crippen LogP contribution in [0.15, 0.2) is 24.3 Å². The Bertz CT molecular complexity index is 367. The molecule has 17 heavy (non-hydrogen) atoms. The van der Waals surface area contributed by atoms with Gasteiger partial charge in [0.15, 0.2) is 0 Å². The number of benzene rings is 1. The Morgan fingerprint density at radius 2 is 1.94 bits per heavy atom. The van der Waals surface area contributed by atoms with Crippen LogP contribution in [0.1, 0.15) is 38.2 Å². The monoisotopic (exact) mass is 233 g/mol. The van der Waals surface area contributed by atoms with Crippen LogP contribution < -0.4 is 4.74 Å². The molecule has 0 saturated carbocycles. The van der Waals surface area contributed by atoms with Gasteiger partial charge in [-0.25, -0.2) is 0 Å². The molecule has 3 heteroatoms. The predicted octanol–water partition coefficient (Wildman–Crippen LogP) is 3.47. The van der Waals surface area contributed by atoms with Crippen LogP contribution >= 0.6 is 0 Å². The summed E-state index contributed by atoms with van der Waals surface area (Å²) < 4.78 is 10.6. The number of hydrogen-bond acceptors (Lipinski definition) is 3. The van der Waals surface area contributed by atoms with E-state index in [0.29, 0.717) is 5.92 Å². The highest BCUT2D eigenvalue weighted by molar-refractivity contribution is 5.29. The van der Waals surface area contributed by atoms with E-state index in [2.05, 4.69) is 26.0 Å². The standard InChI is InChI=1S/C14H19NO2/c1-4-11(2)12-5-7-13(8-6-12)17-14(16-3)9-10-15/h5-8,11,14H,4,9H2,1-3H3. The van der Waals surface area contributed by atoms with Crippen LogP contribution in [0.3, 0.4) is 0 Å². The van der Waals surface area contributed by atoms with E-state index in [4.69, 9.17) is 14.7 Å². The smallest absolute Gasteiger partial charge is 0.212 e. The molecule has 1 rings (SSSR count). The quantitative estimate of drug-likeness (QED) is 0.706. The fourth-order valence-corrected chi connectivity index (χ4v) is 1.51. The maximum Gasteiger partial charge on any atom is 0.212 e. The molecule has 1 aromatic carbocycles. The van der Waals surface area contributed by atoms with Gasteiger partial charge in [0.1, 0.15) is 5.75 Å². The minimum atomic E-state index is -0.491. The van der Waals surface area contributed by atoms with Gasteiger partial charge in [0.25, 0.3) is 0 Å². The number of rotatable bonds is 6. The second-order valence-electron chi connectivity index (χ2n) is 4.02. The molecule has 1 aromatic rings. The van der Waals surface area contributed by atoms with Gasteiger partial charge in [0.2, 0.25) is 6.29 Å². The summed E-state index contributed by atoms with van der Waals surface area (Å²) in [4.78, 5) is 0. The molecule has 3 nitrogen and oxygen atoms in total. The van der Waals surface area contributed by atoms with Crippen molar-refractivity contribution in [1.29, 1.82) is 5.26 Å². The molecule has 0 bridgehead atoms. The van der Waals surface area contributed by atoms with E-state index in [1.807, 2.05) is 18.2 Å². The lowest BCUT2D eigenvalue weighted by atomic mass is 9.99. The van der Waals surface area contributed by atoms with E-state index in [0.717, 1.165) is 12.2 Å². The first-order chi connectivity index (χ1) is 8.21. The number of methoxy groups -OCH3 is 1. The highest BCUT2D eigenvalue weighted by Crippen LogP contribution is 2.22. The van der Waals surface area contributed by atoms with Crippen molar-refractivity contribution in [3.05, 3.63) is 29.8 Å². The van der Waals surface area contributed by atoms with Crippen molar-refractivity contribution in [1.82, 2.24) is 0 Å². The molecule has 0 saturated heterocycles. The van der Waals surface area contributed by atoms with Gasteiger partial charge in [-0.05, 0) is 30.0 Å². The third-order valence-electron chi connectivity index (χ3n) is 2.85. The van der Waals surface area contributed by atoms with E-state index in [9.17, 15) is 0 Å². The molecular formula is C14H19NO2. The van der Waals surface area contributed by atoms with Gasteiger partial charge in [0.05, 0.1) is 12.5 Å². The maximum absolute atomic E-state index is 8.58. The second-order valence-corrected chi connectivity index (χ2v) is 4.02. The van der Waals surface area contributed by atoms with E-state index in [-0.39, 0.29) is 6.42 Å². The summed E-state index contributed by atoms with van der Waals surface area (Å²) >= 11 is 0. The third kappa shape index (κ3) is 4.08. The molecule has 0 aliphatic heterocycles. The first-order valence-electron chi connectivity index (χ1n) is 5.87. The Morgan fingerprint density at radius 3 is 2.41 bits per heavy atom. The SMILES string of the molecule is CCC(C)c1ccc(OC(CC#N)OC)cc1. The summed E-state index contributed by atoms with van der Waals surface area (Å²) in [5.41, 5.74) is 1.30. The Kier molecular flexibility index (Phi) is 5.51. The van der Waals surface area contributed by atoms with Crippen molar-refractivity contribution >= 4 is 0 Å². The lowest BCUT2D eigenvalue weighted by Crippen LogP contribution is -2.17. The summed E-state index contributed by atoms with van der Waals surface area (Å²) in [7, 11) is 1.54.